The molecule has 14 heavy (non-hydrogen) atoms. The molecular formula is C10H15NO3. The fourth-order valence-corrected chi connectivity index (χ4v) is 2.28. The van der Waals surface area contributed by atoms with Gasteiger partial charge in [-0.1, -0.05) is 6.92 Å². The Balaban J connectivity index is 2.07. The van der Waals surface area contributed by atoms with Crippen molar-refractivity contribution in [2.45, 2.75) is 32.3 Å². The summed E-state index contributed by atoms with van der Waals surface area (Å²) in [5.74, 6) is -0.329. The zero-order valence-electron chi connectivity index (χ0n) is 8.29. The predicted octanol–water partition coefficient (Wildman–Crippen LogP) is 0.464. The highest BCUT2D eigenvalue weighted by molar-refractivity contribution is 5.98. The lowest BCUT2D eigenvalue weighted by molar-refractivity contribution is -0.141. The molecule has 0 bridgehead atoms. The Morgan fingerprint density at radius 3 is 2.86 bits per heavy atom. The molecule has 1 N–H and O–H groups in total. The van der Waals surface area contributed by atoms with Crippen molar-refractivity contribution in [2.24, 2.45) is 11.8 Å². The van der Waals surface area contributed by atoms with E-state index in [0.29, 0.717) is 6.42 Å². The molecule has 2 fully saturated rings. The summed E-state index contributed by atoms with van der Waals surface area (Å²) >= 11 is 0. The number of rotatable bonds is 1. The minimum atomic E-state index is -0.159. The van der Waals surface area contributed by atoms with Gasteiger partial charge in [-0.25, -0.2) is 0 Å². The minimum Gasteiger partial charge on any atom is -0.378 e. The lowest BCUT2D eigenvalue weighted by Crippen LogP contribution is -2.48. The third kappa shape index (κ3) is 1.66. The van der Waals surface area contributed by atoms with Crippen LogP contribution in [0.5, 0.6) is 0 Å². The van der Waals surface area contributed by atoms with Crippen LogP contribution in [0.2, 0.25) is 0 Å². The van der Waals surface area contributed by atoms with Gasteiger partial charge in [0.1, 0.15) is 0 Å². The highest BCUT2D eigenvalue weighted by atomic mass is 16.5. The quantitative estimate of drug-likeness (QED) is 0.621. The molecule has 2 rings (SSSR count). The molecule has 0 aromatic carbocycles. The molecule has 3 atom stereocenters. The highest BCUT2D eigenvalue weighted by Crippen LogP contribution is 2.31. The van der Waals surface area contributed by atoms with E-state index in [0.717, 1.165) is 19.4 Å². The molecule has 4 nitrogen and oxygen atoms in total. The monoisotopic (exact) mass is 197 g/mol. The van der Waals surface area contributed by atoms with Crippen molar-refractivity contribution < 1.29 is 14.3 Å². The Morgan fingerprint density at radius 2 is 2.21 bits per heavy atom. The van der Waals surface area contributed by atoms with Crippen molar-refractivity contribution in [3.63, 3.8) is 0 Å². The summed E-state index contributed by atoms with van der Waals surface area (Å²) in [6, 6.07) is 0. The molecule has 3 unspecified atom stereocenters. The van der Waals surface area contributed by atoms with Gasteiger partial charge in [0.15, 0.2) is 0 Å². The van der Waals surface area contributed by atoms with Crippen LogP contribution in [0, 0.1) is 11.8 Å². The van der Waals surface area contributed by atoms with Crippen LogP contribution in [-0.2, 0) is 14.3 Å². The number of hydrogen-bond donors (Lipinski definition) is 1. The molecule has 2 amide bonds. The summed E-state index contributed by atoms with van der Waals surface area (Å²) in [6.45, 7) is 2.64. The van der Waals surface area contributed by atoms with Crippen LogP contribution >= 0.6 is 0 Å². The van der Waals surface area contributed by atoms with Crippen molar-refractivity contribution in [3.8, 4) is 0 Å². The average molecular weight is 197 g/mol. The second kappa shape index (κ2) is 3.69. The first kappa shape index (κ1) is 9.65. The molecule has 2 saturated heterocycles. The first-order chi connectivity index (χ1) is 6.68. The van der Waals surface area contributed by atoms with Crippen molar-refractivity contribution in [1.29, 1.82) is 0 Å². The van der Waals surface area contributed by atoms with Gasteiger partial charge in [0.2, 0.25) is 11.8 Å². The van der Waals surface area contributed by atoms with E-state index in [-0.39, 0.29) is 29.8 Å². The Morgan fingerprint density at radius 1 is 1.43 bits per heavy atom. The van der Waals surface area contributed by atoms with Gasteiger partial charge < -0.3 is 4.74 Å². The van der Waals surface area contributed by atoms with Gasteiger partial charge in [-0.3, -0.25) is 14.9 Å². The van der Waals surface area contributed by atoms with Crippen LogP contribution in [-0.4, -0.2) is 24.5 Å². The van der Waals surface area contributed by atoms with Crippen molar-refractivity contribution in [3.05, 3.63) is 0 Å². The minimum absolute atomic E-state index is 0.0822. The summed E-state index contributed by atoms with van der Waals surface area (Å²) in [5.41, 5.74) is 0. The van der Waals surface area contributed by atoms with Crippen molar-refractivity contribution >= 4 is 11.8 Å². The zero-order valence-corrected chi connectivity index (χ0v) is 8.29. The fraction of sp³-hybridized carbons (Fsp3) is 0.800. The molecule has 4 heteroatoms. The smallest absolute Gasteiger partial charge is 0.229 e. The van der Waals surface area contributed by atoms with E-state index in [4.69, 9.17) is 4.74 Å². The SMILES string of the molecule is CC1C(=O)NC(=O)CC1C1CCCO1. The normalized spacial score (nSPS) is 38.5. The number of nitrogens with one attached hydrogen (secondary N) is 1. The van der Waals surface area contributed by atoms with E-state index in [1.807, 2.05) is 6.92 Å². The molecule has 0 aromatic heterocycles. The molecule has 2 aliphatic rings. The molecule has 78 valence electrons. The zero-order chi connectivity index (χ0) is 10.1. The number of piperidine rings is 1. The first-order valence-corrected chi connectivity index (χ1v) is 5.14. The first-order valence-electron chi connectivity index (χ1n) is 5.14. The summed E-state index contributed by atoms with van der Waals surface area (Å²) < 4.78 is 5.53. The summed E-state index contributed by atoms with van der Waals surface area (Å²) in [4.78, 5) is 22.6. The molecule has 2 heterocycles. The van der Waals surface area contributed by atoms with Gasteiger partial charge >= 0.3 is 0 Å². The number of amides is 2. The standard InChI is InChI=1S/C10H15NO3/c1-6-7(8-3-2-4-14-8)5-9(12)11-10(6)13/h6-8H,2-5H2,1H3,(H,11,12,13). The van der Waals surface area contributed by atoms with Gasteiger partial charge in [0, 0.05) is 24.9 Å². The Hall–Kier alpha value is -0.900. The number of ether oxygens (including phenoxy) is 1. The van der Waals surface area contributed by atoms with Crippen molar-refractivity contribution in [2.75, 3.05) is 6.61 Å². The number of hydrogen-bond acceptors (Lipinski definition) is 3. The Labute approximate surface area is 83.0 Å². The number of carbonyl (C=O) groups excluding carboxylic acids is 2. The largest absolute Gasteiger partial charge is 0.378 e. The predicted molar refractivity (Wildman–Crippen MR) is 49.4 cm³/mol. The molecule has 0 aliphatic carbocycles. The maximum absolute atomic E-state index is 11.4. The number of imide groups is 1. The summed E-state index contributed by atoms with van der Waals surface area (Å²) in [7, 11) is 0. The van der Waals surface area contributed by atoms with Crippen LogP contribution in [0.15, 0.2) is 0 Å². The van der Waals surface area contributed by atoms with Crippen molar-refractivity contribution in [1.82, 2.24) is 5.32 Å². The number of carbonyl (C=O) groups is 2. The van der Waals surface area contributed by atoms with E-state index in [9.17, 15) is 9.59 Å². The van der Waals surface area contributed by atoms with Gasteiger partial charge in [-0.05, 0) is 12.8 Å². The molecule has 0 spiro atoms. The van der Waals surface area contributed by atoms with Crippen LogP contribution in [0.1, 0.15) is 26.2 Å². The lowest BCUT2D eigenvalue weighted by atomic mass is 9.82. The fourth-order valence-electron chi connectivity index (χ4n) is 2.28. The van der Waals surface area contributed by atoms with E-state index in [1.54, 1.807) is 0 Å². The van der Waals surface area contributed by atoms with E-state index in [2.05, 4.69) is 5.32 Å². The third-order valence-corrected chi connectivity index (χ3v) is 3.18. The lowest BCUT2D eigenvalue weighted by Gasteiger charge is -2.31. The highest BCUT2D eigenvalue weighted by Gasteiger charge is 2.39. The van der Waals surface area contributed by atoms with Gasteiger partial charge in [-0.15, -0.1) is 0 Å². The molecule has 0 saturated carbocycles. The molecular weight excluding hydrogens is 182 g/mol. The van der Waals surface area contributed by atoms with E-state index < -0.39 is 0 Å². The second-order valence-electron chi connectivity index (χ2n) is 4.12. The Kier molecular flexibility index (Phi) is 2.54. The van der Waals surface area contributed by atoms with Crippen LogP contribution in [0.3, 0.4) is 0 Å². The van der Waals surface area contributed by atoms with Crippen LogP contribution < -0.4 is 5.32 Å². The maximum Gasteiger partial charge on any atom is 0.229 e. The topological polar surface area (TPSA) is 55.4 Å². The second-order valence-corrected chi connectivity index (χ2v) is 4.12. The van der Waals surface area contributed by atoms with Gasteiger partial charge in [-0.2, -0.15) is 0 Å². The van der Waals surface area contributed by atoms with E-state index in [1.165, 1.54) is 0 Å². The van der Waals surface area contributed by atoms with Gasteiger partial charge in [0.25, 0.3) is 0 Å². The average Bonchev–Trinajstić information content (AvgIpc) is 2.63. The van der Waals surface area contributed by atoms with Crippen LogP contribution in [0.25, 0.3) is 0 Å². The Bertz CT molecular complexity index is 258. The molecule has 0 radical (unpaired) electrons. The van der Waals surface area contributed by atoms with Crippen LogP contribution in [0.4, 0.5) is 0 Å². The summed E-state index contributed by atoms with van der Waals surface area (Å²) in [6.07, 6.45) is 2.57. The maximum atomic E-state index is 11.4. The summed E-state index contributed by atoms with van der Waals surface area (Å²) in [5, 5.41) is 2.35. The van der Waals surface area contributed by atoms with E-state index >= 15 is 0 Å². The molecule has 0 aromatic rings. The third-order valence-electron chi connectivity index (χ3n) is 3.18. The molecule has 2 aliphatic heterocycles. The van der Waals surface area contributed by atoms with Gasteiger partial charge in [0.05, 0.1) is 6.10 Å².